The van der Waals surface area contributed by atoms with Crippen molar-refractivity contribution in [1.29, 1.82) is 0 Å². The number of ether oxygens (including phenoxy) is 5. The summed E-state index contributed by atoms with van der Waals surface area (Å²) in [4.78, 5) is 36.5. The minimum absolute atomic E-state index is 0.0325. The third kappa shape index (κ3) is 4.65. The topological polar surface area (TPSA) is 97.4 Å². The molecule has 2 saturated heterocycles. The number of hydrogen-bond acceptors (Lipinski definition) is 8. The average Bonchev–Trinajstić information content (AvgIpc) is 3.31. The van der Waals surface area contributed by atoms with E-state index in [1.165, 1.54) is 20.8 Å². The van der Waals surface area contributed by atoms with Crippen molar-refractivity contribution in [3.05, 3.63) is 0 Å². The minimum Gasteiger partial charge on any atom is -0.462 e. The maximum absolute atomic E-state index is 12.4. The number of fused-ring (bicyclic) bond motifs is 7. The van der Waals surface area contributed by atoms with Crippen LogP contribution in [0.3, 0.4) is 0 Å². The Morgan fingerprint density at radius 2 is 1.39 bits per heavy atom. The van der Waals surface area contributed by atoms with Crippen LogP contribution in [0.25, 0.3) is 0 Å². The second kappa shape index (κ2) is 10.2. The molecule has 1 unspecified atom stereocenters. The molecule has 4 saturated carbocycles. The molecule has 1 spiro atoms. The molecule has 230 valence electrons. The van der Waals surface area contributed by atoms with E-state index >= 15 is 0 Å². The smallest absolute Gasteiger partial charge is 0.303 e. The second-order valence-corrected chi connectivity index (χ2v) is 15.1. The zero-order valence-corrected chi connectivity index (χ0v) is 26.0. The van der Waals surface area contributed by atoms with Crippen LogP contribution in [0.15, 0.2) is 0 Å². The van der Waals surface area contributed by atoms with Crippen molar-refractivity contribution >= 4 is 17.9 Å². The zero-order chi connectivity index (χ0) is 29.5. The molecule has 0 amide bonds. The van der Waals surface area contributed by atoms with Crippen LogP contribution in [0.4, 0.5) is 0 Å². The monoisotopic (exact) mass is 574 g/mol. The second-order valence-electron chi connectivity index (χ2n) is 15.1. The summed E-state index contributed by atoms with van der Waals surface area (Å²) < 4.78 is 31.0. The molecule has 6 fully saturated rings. The van der Waals surface area contributed by atoms with Gasteiger partial charge in [0.1, 0.15) is 18.3 Å². The third-order valence-corrected chi connectivity index (χ3v) is 12.8. The van der Waals surface area contributed by atoms with Gasteiger partial charge in [-0.3, -0.25) is 14.4 Å². The molecule has 0 aromatic rings. The zero-order valence-electron chi connectivity index (χ0n) is 26.0. The van der Waals surface area contributed by atoms with Crippen LogP contribution in [0.1, 0.15) is 99.8 Å². The quantitative estimate of drug-likeness (QED) is 0.324. The molecular weight excluding hydrogens is 524 g/mol. The van der Waals surface area contributed by atoms with E-state index in [2.05, 4.69) is 27.7 Å². The fourth-order valence-corrected chi connectivity index (χ4v) is 11.3. The summed E-state index contributed by atoms with van der Waals surface area (Å²) in [6.45, 7) is 14.5. The van der Waals surface area contributed by atoms with Crippen LogP contribution in [0.5, 0.6) is 0 Å². The Morgan fingerprint density at radius 3 is 2.02 bits per heavy atom. The predicted molar refractivity (Wildman–Crippen MR) is 149 cm³/mol. The van der Waals surface area contributed by atoms with Gasteiger partial charge in [-0.25, -0.2) is 0 Å². The van der Waals surface area contributed by atoms with Crippen molar-refractivity contribution in [2.45, 2.75) is 130 Å². The Morgan fingerprint density at radius 1 is 0.732 bits per heavy atom. The first-order valence-corrected chi connectivity index (χ1v) is 16.1. The van der Waals surface area contributed by atoms with E-state index < -0.39 is 18.0 Å². The van der Waals surface area contributed by atoms with Crippen molar-refractivity contribution in [2.24, 2.45) is 52.3 Å². The summed E-state index contributed by atoms with van der Waals surface area (Å²) in [5.74, 6) is 1.20. The van der Waals surface area contributed by atoms with Crippen molar-refractivity contribution in [3.63, 3.8) is 0 Å². The van der Waals surface area contributed by atoms with E-state index in [1.54, 1.807) is 0 Å². The van der Waals surface area contributed by atoms with Crippen LogP contribution in [-0.4, -0.2) is 54.7 Å². The normalized spacial score (nSPS) is 52.0. The summed E-state index contributed by atoms with van der Waals surface area (Å²) in [5.41, 5.74) is -0.0789. The molecule has 8 nitrogen and oxygen atoms in total. The molecular formula is C33H50O8. The van der Waals surface area contributed by atoms with Crippen molar-refractivity contribution in [3.8, 4) is 0 Å². The van der Waals surface area contributed by atoms with E-state index in [0.29, 0.717) is 48.3 Å². The molecule has 6 aliphatic rings. The Hall–Kier alpha value is -1.67. The Kier molecular flexibility index (Phi) is 7.32. The van der Waals surface area contributed by atoms with E-state index in [4.69, 9.17) is 23.7 Å². The molecule has 4 aliphatic carbocycles. The summed E-state index contributed by atoms with van der Waals surface area (Å²) in [6, 6.07) is 0. The van der Waals surface area contributed by atoms with Gasteiger partial charge in [-0.2, -0.15) is 0 Å². The first-order chi connectivity index (χ1) is 19.3. The highest BCUT2D eigenvalue weighted by molar-refractivity contribution is 5.67. The molecule has 0 aromatic carbocycles. The lowest BCUT2D eigenvalue weighted by molar-refractivity contribution is -0.274. The fraction of sp³-hybridized carbons (Fsp3) is 0.909. The van der Waals surface area contributed by atoms with E-state index in [-0.39, 0.29) is 46.9 Å². The molecule has 6 rings (SSSR count). The van der Waals surface area contributed by atoms with Gasteiger partial charge in [0.2, 0.25) is 0 Å². The lowest BCUT2D eigenvalue weighted by Crippen LogP contribution is -2.62. The fourth-order valence-electron chi connectivity index (χ4n) is 11.3. The van der Waals surface area contributed by atoms with Crippen LogP contribution < -0.4 is 0 Å². The molecule has 0 radical (unpaired) electrons. The van der Waals surface area contributed by atoms with Gasteiger partial charge < -0.3 is 23.7 Å². The highest BCUT2D eigenvalue weighted by atomic mass is 16.7. The molecule has 0 bridgehead atoms. The molecule has 0 N–H and O–H groups in total. The maximum atomic E-state index is 12.4. The highest BCUT2D eigenvalue weighted by Crippen LogP contribution is 2.71. The van der Waals surface area contributed by atoms with Gasteiger partial charge in [-0.05, 0) is 85.4 Å². The van der Waals surface area contributed by atoms with Crippen LogP contribution in [0, 0.1) is 52.3 Å². The number of carbonyl (C=O) groups excluding carboxylic acids is 3. The molecule has 2 heterocycles. The van der Waals surface area contributed by atoms with Gasteiger partial charge in [-0.1, -0.05) is 27.7 Å². The SMILES string of the molecule is CC(=O)O[C@H]1C[C@@H]2[C@H](OC(C)=O)C[C@@H]3[C@H](CC[C@]4(C)[C@@H]5[C@H](C[C@@H]34)O[C@]3(CCC(C)CO3)[C@H]5C)[C@@]2(C)C[C@H]1OC(C)=O. The van der Waals surface area contributed by atoms with Gasteiger partial charge in [0, 0.05) is 39.0 Å². The molecule has 0 aromatic heterocycles. The van der Waals surface area contributed by atoms with Gasteiger partial charge in [0.25, 0.3) is 0 Å². The molecule has 2 aliphatic heterocycles. The third-order valence-electron chi connectivity index (χ3n) is 12.8. The van der Waals surface area contributed by atoms with Gasteiger partial charge in [-0.15, -0.1) is 0 Å². The number of hydrogen-bond donors (Lipinski definition) is 0. The summed E-state index contributed by atoms with van der Waals surface area (Å²) >= 11 is 0. The van der Waals surface area contributed by atoms with Crippen LogP contribution in [0.2, 0.25) is 0 Å². The van der Waals surface area contributed by atoms with Crippen molar-refractivity contribution in [1.82, 2.24) is 0 Å². The number of carbonyl (C=O) groups is 3. The van der Waals surface area contributed by atoms with Crippen LogP contribution >= 0.6 is 0 Å². The van der Waals surface area contributed by atoms with Gasteiger partial charge >= 0.3 is 17.9 Å². The number of rotatable bonds is 3. The average molecular weight is 575 g/mol. The van der Waals surface area contributed by atoms with E-state index in [0.717, 1.165) is 45.1 Å². The van der Waals surface area contributed by atoms with Crippen molar-refractivity contribution < 1.29 is 38.1 Å². The van der Waals surface area contributed by atoms with Crippen molar-refractivity contribution in [2.75, 3.05) is 6.61 Å². The summed E-state index contributed by atoms with van der Waals surface area (Å²) in [7, 11) is 0. The Labute approximate surface area is 244 Å². The predicted octanol–water partition coefficient (Wildman–Crippen LogP) is 5.45. The maximum Gasteiger partial charge on any atom is 0.303 e. The highest BCUT2D eigenvalue weighted by Gasteiger charge is 2.70. The largest absolute Gasteiger partial charge is 0.462 e. The molecule has 14 atom stereocenters. The lowest BCUT2D eigenvalue weighted by Gasteiger charge is -2.63. The number of esters is 3. The Bertz CT molecular complexity index is 1070. The first kappa shape index (κ1) is 29.4. The molecule has 8 heteroatoms. The lowest BCUT2D eigenvalue weighted by atomic mass is 9.43. The summed E-state index contributed by atoms with van der Waals surface area (Å²) in [6.07, 6.45) is 6.22. The van der Waals surface area contributed by atoms with Gasteiger partial charge in [0.05, 0.1) is 12.7 Å². The van der Waals surface area contributed by atoms with Crippen LogP contribution in [-0.2, 0) is 38.1 Å². The Balaban J connectivity index is 1.31. The molecule has 41 heavy (non-hydrogen) atoms. The van der Waals surface area contributed by atoms with E-state index in [9.17, 15) is 14.4 Å². The summed E-state index contributed by atoms with van der Waals surface area (Å²) in [5, 5.41) is 0. The minimum atomic E-state index is -0.535. The van der Waals surface area contributed by atoms with Gasteiger partial charge in [0.15, 0.2) is 5.79 Å². The first-order valence-electron chi connectivity index (χ1n) is 16.1. The standard InChI is InChI=1S/C33H50O8/c1-17-8-11-33(37-16-17)18(2)30-28(41-33)13-24-22-12-26(38-19(3)34)25-14-27(39-20(4)35)29(40-21(5)36)15-32(25,7)23(22)9-10-31(24,30)6/h17-18,22-30H,8-16H2,1-7H3/t17?,18-,22+,23-,24-,25+,26+,27-,28-,29+,30-,31-,32+,33+/m0/s1. The van der Waals surface area contributed by atoms with E-state index in [1.807, 2.05) is 0 Å².